The van der Waals surface area contributed by atoms with Gasteiger partial charge in [-0.3, -0.25) is 4.68 Å². The zero-order valence-corrected chi connectivity index (χ0v) is 10.0. The predicted molar refractivity (Wildman–Crippen MR) is 60.8 cm³/mol. The lowest BCUT2D eigenvalue weighted by molar-refractivity contribution is 0.0280. The standard InChI is InChI=1S/C11H19N3O2/c1-11(2,3)9(16-10(12)15)5-8-14-7-4-6-13-14/h4,6-7,9H,5,8H2,1-3H3,(H2,12,15). The monoisotopic (exact) mass is 225 g/mol. The SMILES string of the molecule is CC(C)(C)C(CCn1cccn1)OC(N)=O. The third-order valence-corrected chi connectivity index (χ3v) is 2.40. The first-order valence-electron chi connectivity index (χ1n) is 5.33. The summed E-state index contributed by atoms with van der Waals surface area (Å²) < 4.78 is 6.92. The summed E-state index contributed by atoms with van der Waals surface area (Å²) in [5.74, 6) is 0. The van der Waals surface area contributed by atoms with Crippen LogP contribution >= 0.6 is 0 Å². The predicted octanol–water partition coefficient (Wildman–Crippen LogP) is 1.78. The van der Waals surface area contributed by atoms with Gasteiger partial charge in [0.25, 0.3) is 0 Å². The molecule has 2 N–H and O–H groups in total. The Morgan fingerprint density at radius 1 is 1.56 bits per heavy atom. The highest BCUT2D eigenvalue weighted by Gasteiger charge is 2.27. The topological polar surface area (TPSA) is 70.1 Å². The molecule has 0 saturated heterocycles. The number of amides is 1. The van der Waals surface area contributed by atoms with E-state index in [9.17, 15) is 4.79 Å². The van der Waals surface area contributed by atoms with Crippen molar-refractivity contribution in [3.8, 4) is 0 Å². The van der Waals surface area contributed by atoms with E-state index in [0.717, 1.165) is 0 Å². The maximum atomic E-state index is 10.8. The molecule has 1 aromatic heterocycles. The van der Waals surface area contributed by atoms with Crippen LogP contribution in [0.4, 0.5) is 4.79 Å². The summed E-state index contributed by atoms with van der Waals surface area (Å²) >= 11 is 0. The summed E-state index contributed by atoms with van der Waals surface area (Å²) in [5, 5.41) is 4.09. The van der Waals surface area contributed by atoms with Crippen LogP contribution in [0, 0.1) is 5.41 Å². The molecule has 1 rings (SSSR count). The van der Waals surface area contributed by atoms with E-state index in [4.69, 9.17) is 10.5 Å². The highest BCUT2D eigenvalue weighted by Crippen LogP contribution is 2.25. The lowest BCUT2D eigenvalue weighted by Gasteiger charge is -2.29. The number of carbonyl (C=O) groups is 1. The van der Waals surface area contributed by atoms with Gasteiger partial charge in [0.1, 0.15) is 6.10 Å². The summed E-state index contributed by atoms with van der Waals surface area (Å²) in [4.78, 5) is 10.8. The van der Waals surface area contributed by atoms with Crippen molar-refractivity contribution in [2.75, 3.05) is 0 Å². The van der Waals surface area contributed by atoms with E-state index in [1.165, 1.54) is 0 Å². The average Bonchev–Trinajstić information content (AvgIpc) is 2.62. The minimum atomic E-state index is -0.722. The van der Waals surface area contributed by atoms with Gasteiger partial charge in [0.2, 0.25) is 0 Å². The van der Waals surface area contributed by atoms with Crippen LogP contribution in [0.25, 0.3) is 0 Å². The molecule has 0 aromatic carbocycles. The number of carbonyl (C=O) groups excluding carboxylic acids is 1. The highest BCUT2D eigenvalue weighted by molar-refractivity contribution is 5.64. The number of primary amides is 1. The Labute approximate surface area is 95.6 Å². The molecule has 90 valence electrons. The number of rotatable bonds is 4. The van der Waals surface area contributed by atoms with Gasteiger partial charge in [-0.2, -0.15) is 5.10 Å². The van der Waals surface area contributed by atoms with Crippen molar-refractivity contribution < 1.29 is 9.53 Å². The van der Waals surface area contributed by atoms with Crippen molar-refractivity contribution in [3.63, 3.8) is 0 Å². The summed E-state index contributed by atoms with van der Waals surface area (Å²) in [6, 6.07) is 1.86. The van der Waals surface area contributed by atoms with Crippen LogP contribution in [0.2, 0.25) is 0 Å². The first-order valence-corrected chi connectivity index (χ1v) is 5.33. The molecule has 0 aliphatic heterocycles. The number of nitrogens with zero attached hydrogens (tertiary/aromatic N) is 2. The molecular formula is C11H19N3O2. The van der Waals surface area contributed by atoms with Crippen molar-refractivity contribution in [2.45, 2.75) is 39.8 Å². The van der Waals surface area contributed by atoms with Gasteiger partial charge in [-0.05, 0) is 11.5 Å². The van der Waals surface area contributed by atoms with E-state index in [2.05, 4.69) is 5.10 Å². The second-order valence-corrected chi connectivity index (χ2v) is 4.85. The first-order chi connectivity index (χ1) is 7.39. The number of hydrogen-bond acceptors (Lipinski definition) is 3. The highest BCUT2D eigenvalue weighted by atomic mass is 16.6. The zero-order valence-electron chi connectivity index (χ0n) is 10.0. The Kier molecular flexibility index (Phi) is 3.93. The van der Waals surface area contributed by atoms with Crippen LogP contribution < -0.4 is 5.73 Å². The van der Waals surface area contributed by atoms with Gasteiger partial charge in [0, 0.05) is 25.4 Å². The van der Waals surface area contributed by atoms with E-state index in [1.54, 1.807) is 6.20 Å². The molecule has 0 aliphatic carbocycles. The fourth-order valence-electron chi connectivity index (χ4n) is 1.49. The quantitative estimate of drug-likeness (QED) is 0.849. The van der Waals surface area contributed by atoms with Gasteiger partial charge in [0.05, 0.1) is 0 Å². The first kappa shape index (κ1) is 12.5. The second kappa shape index (κ2) is 5.01. The Bertz CT molecular complexity index is 327. The van der Waals surface area contributed by atoms with E-state index in [0.29, 0.717) is 13.0 Å². The molecule has 1 unspecified atom stereocenters. The normalized spacial score (nSPS) is 13.4. The third-order valence-electron chi connectivity index (χ3n) is 2.40. The van der Waals surface area contributed by atoms with Crippen molar-refractivity contribution >= 4 is 6.09 Å². The van der Waals surface area contributed by atoms with Gasteiger partial charge in [0.15, 0.2) is 0 Å². The van der Waals surface area contributed by atoms with Gasteiger partial charge < -0.3 is 10.5 Å². The summed E-state index contributed by atoms with van der Waals surface area (Å²) in [7, 11) is 0. The molecule has 16 heavy (non-hydrogen) atoms. The lowest BCUT2D eigenvalue weighted by Crippen LogP contribution is -2.34. The zero-order chi connectivity index (χ0) is 12.2. The van der Waals surface area contributed by atoms with Crippen molar-refractivity contribution in [3.05, 3.63) is 18.5 Å². The third kappa shape index (κ3) is 3.92. The van der Waals surface area contributed by atoms with E-state index >= 15 is 0 Å². The fraction of sp³-hybridized carbons (Fsp3) is 0.636. The van der Waals surface area contributed by atoms with Crippen LogP contribution in [-0.4, -0.2) is 22.0 Å². The summed E-state index contributed by atoms with van der Waals surface area (Å²) in [6.45, 7) is 6.76. The molecule has 0 spiro atoms. The van der Waals surface area contributed by atoms with Crippen molar-refractivity contribution in [1.82, 2.24) is 9.78 Å². The molecule has 5 heteroatoms. The Hall–Kier alpha value is -1.52. The Morgan fingerprint density at radius 3 is 2.69 bits per heavy atom. The van der Waals surface area contributed by atoms with E-state index < -0.39 is 6.09 Å². The maximum absolute atomic E-state index is 10.8. The molecule has 0 fully saturated rings. The molecule has 1 heterocycles. The second-order valence-electron chi connectivity index (χ2n) is 4.85. The largest absolute Gasteiger partial charge is 0.446 e. The molecule has 0 aliphatic rings. The van der Waals surface area contributed by atoms with Gasteiger partial charge in [-0.25, -0.2) is 4.79 Å². The number of hydrogen-bond donors (Lipinski definition) is 1. The Balaban J connectivity index is 2.54. The maximum Gasteiger partial charge on any atom is 0.404 e. The number of aromatic nitrogens is 2. The van der Waals surface area contributed by atoms with Crippen LogP contribution in [0.1, 0.15) is 27.2 Å². The number of nitrogens with two attached hydrogens (primary N) is 1. The van der Waals surface area contributed by atoms with E-state index in [1.807, 2.05) is 37.7 Å². The average molecular weight is 225 g/mol. The van der Waals surface area contributed by atoms with Crippen LogP contribution in [-0.2, 0) is 11.3 Å². The molecule has 5 nitrogen and oxygen atoms in total. The fourth-order valence-corrected chi connectivity index (χ4v) is 1.49. The molecule has 1 aromatic rings. The number of aryl methyl sites for hydroxylation is 1. The van der Waals surface area contributed by atoms with Crippen molar-refractivity contribution in [2.24, 2.45) is 11.1 Å². The van der Waals surface area contributed by atoms with Gasteiger partial charge in [-0.1, -0.05) is 20.8 Å². The molecule has 0 radical (unpaired) electrons. The smallest absolute Gasteiger partial charge is 0.404 e. The van der Waals surface area contributed by atoms with Crippen LogP contribution in [0.5, 0.6) is 0 Å². The van der Waals surface area contributed by atoms with Crippen molar-refractivity contribution in [1.29, 1.82) is 0 Å². The number of ether oxygens (including phenoxy) is 1. The van der Waals surface area contributed by atoms with Gasteiger partial charge in [-0.15, -0.1) is 0 Å². The van der Waals surface area contributed by atoms with Crippen LogP contribution in [0.15, 0.2) is 18.5 Å². The molecule has 0 saturated carbocycles. The molecular weight excluding hydrogens is 206 g/mol. The Morgan fingerprint density at radius 2 is 2.25 bits per heavy atom. The summed E-state index contributed by atoms with van der Waals surface area (Å²) in [5.41, 5.74) is 4.93. The minimum Gasteiger partial charge on any atom is -0.446 e. The lowest BCUT2D eigenvalue weighted by atomic mass is 9.87. The van der Waals surface area contributed by atoms with Crippen LogP contribution in [0.3, 0.4) is 0 Å². The summed E-state index contributed by atoms with van der Waals surface area (Å²) in [6.07, 6.45) is 3.38. The molecule has 0 bridgehead atoms. The molecule has 1 amide bonds. The minimum absolute atomic E-state index is 0.123. The van der Waals surface area contributed by atoms with Gasteiger partial charge >= 0.3 is 6.09 Å². The van der Waals surface area contributed by atoms with E-state index in [-0.39, 0.29) is 11.5 Å². The molecule has 1 atom stereocenters.